The summed E-state index contributed by atoms with van der Waals surface area (Å²) in [4.78, 5) is 4.37. The molecule has 0 unspecified atom stereocenters. The summed E-state index contributed by atoms with van der Waals surface area (Å²) in [5.74, 6) is 0. The first-order valence-electron chi connectivity index (χ1n) is 6.53. The van der Waals surface area contributed by atoms with Gasteiger partial charge in [0.15, 0.2) is 0 Å². The van der Waals surface area contributed by atoms with Crippen molar-refractivity contribution in [3.63, 3.8) is 0 Å². The van der Waals surface area contributed by atoms with Crippen LogP contribution in [0.1, 0.15) is 18.2 Å². The quantitative estimate of drug-likeness (QED) is 0.772. The van der Waals surface area contributed by atoms with Gasteiger partial charge >= 0.3 is 0 Å². The normalized spacial score (nSPS) is 11.2. The average molecular weight is 271 g/mol. The van der Waals surface area contributed by atoms with E-state index in [1.54, 1.807) is 11.3 Å². The van der Waals surface area contributed by atoms with Gasteiger partial charge in [0.05, 0.1) is 23.3 Å². The van der Waals surface area contributed by atoms with Crippen LogP contribution in [-0.2, 0) is 13.1 Å². The first kappa shape index (κ1) is 12.4. The molecule has 0 aliphatic rings. The maximum absolute atomic E-state index is 4.37. The second-order valence-corrected chi connectivity index (χ2v) is 5.28. The first-order valence-corrected chi connectivity index (χ1v) is 7.47. The van der Waals surface area contributed by atoms with Gasteiger partial charge in [-0.25, -0.2) is 4.98 Å². The van der Waals surface area contributed by atoms with Gasteiger partial charge in [0.2, 0.25) is 0 Å². The summed E-state index contributed by atoms with van der Waals surface area (Å²) >= 11 is 1.65. The van der Waals surface area contributed by atoms with Crippen molar-refractivity contribution in [3.8, 4) is 0 Å². The fraction of sp³-hybridized carbons (Fsp3) is 0.267. The summed E-state index contributed by atoms with van der Waals surface area (Å²) in [6.45, 7) is 4.88. The summed E-state index contributed by atoms with van der Waals surface area (Å²) in [5, 5.41) is 6.81. The lowest BCUT2D eigenvalue weighted by Crippen LogP contribution is -2.13. The minimum absolute atomic E-state index is 0.843. The molecule has 0 aliphatic heterocycles. The van der Waals surface area contributed by atoms with Gasteiger partial charge in [-0.15, -0.1) is 11.3 Å². The Morgan fingerprint density at radius 1 is 1.32 bits per heavy atom. The maximum atomic E-state index is 4.37. The molecule has 3 aromatic rings. The summed E-state index contributed by atoms with van der Waals surface area (Å²) in [6.07, 6.45) is 2.15. The van der Waals surface area contributed by atoms with E-state index >= 15 is 0 Å². The molecule has 4 heteroatoms. The lowest BCUT2D eigenvalue weighted by Gasteiger charge is -2.09. The molecule has 0 radical (unpaired) electrons. The third kappa shape index (κ3) is 2.55. The summed E-state index contributed by atoms with van der Waals surface area (Å²) in [5.41, 5.74) is 5.68. The van der Waals surface area contributed by atoms with Crippen LogP contribution in [0.5, 0.6) is 0 Å². The highest BCUT2D eigenvalue weighted by molar-refractivity contribution is 7.07. The van der Waals surface area contributed by atoms with Gasteiger partial charge in [-0.1, -0.05) is 25.1 Å². The lowest BCUT2D eigenvalue weighted by molar-refractivity contribution is 0.723. The van der Waals surface area contributed by atoms with Gasteiger partial charge < -0.3 is 9.88 Å². The number of para-hydroxylation sites is 1. The van der Waals surface area contributed by atoms with Crippen molar-refractivity contribution in [2.45, 2.75) is 20.0 Å². The Morgan fingerprint density at radius 3 is 3.05 bits per heavy atom. The molecule has 0 spiro atoms. The molecule has 1 aromatic carbocycles. The number of thiazole rings is 1. The minimum Gasteiger partial charge on any atom is -0.341 e. The number of hydrogen-bond acceptors (Lipinski definition) is 3. The largest absolute Gasteiger partial charge is 0.341 e. The van der Waals surface area contributed by atoms with Crippen LogP contribution in [0.4, 0.5) is 0 Å². The summed E-state index contributed by atoms with van der Waals surface area (Å²) in [7, 11) is 0. The van der Waals surface area contributed by atoms with Crippen molar-refractivity contribution in [3.05, 3.63) is 52.6 Å². The van der Waals surface area contributed by atoms with Gasteiger partial charge in [-0.3, -0.25) is 0 Å². The lowest BCUT2D eigenvalue weighted by atomic mass is 10.1. The molecule has 3 nitrogen and oxygen atoms in total. The maximum Gasteiger partial charge on any atom is 0.0795 e. The first-order chi connectivity index (χ1) is 9.38. The van der Waals surface area contributed by atoms with Gasteiger partial charge in [0.25, 0.3) is 0 Å². The van der Waals surface area contributed by atoms with E-state index in [-0.39, 0.29) is 0 Å². The Hall–Kier alpha value is -1.65. The van der Waals surface area contributed by atoms with E-state index in [0.29, 0.717) is 0 Å². The molecule has 0 atom stereocenters. The fourth-order valence-corrected chi connectivity index (χ4v) is 2.91. The Kier molecular flexibility index (Phi) is 3.62. The molecule has 0 saturated heterocycles. The molecule has 1 N–H and O–H groups in total. The zero-order valence-electron chi connectivity index (χ0n) is 11.0. The van der Waals surface area contributed by atoms with Crippen LogP contribution >= 0.6 is 11.3 Å². The third-order valence-electron chi connectivity index (χ3n) is 3.25. The van der Waals surface area contributed by atoms with Crippen LogP contribution in [-0.4, -0.2) is 16.1 Å². The molecular formula is C15H17N3S. The molecule has 3 rings (SSSR count). The van der Waals surface area contributed by atoms with Gasteiger partial charge in [0.1, 0.15) is 0 Å². The zero-order valence-corrected chi connectivity index (χ0v) is 11.8. The highest BCUT2D eigenvalue weighted by Gasteiger charge is 2.07. The van der Waals surface area contributed by atoms with E-state index in [1.807, 2.05) is 5.51 Å². The van der Waals surface area contributed by atoms with Gasteiger partial charge in [-0.2, -0.15) is 0 Å². The number of hydrogen-bond donors (Lipinski definition) is 1. The standard InChI is InChI=1S/C15H17N3S/c1-2-16-8-13-5-3-4-12-6-7-18(15(12)13)9-14-10-19-11-17-14/h3-7,10-11,16H,2,8-9H2,1H3. The van der Waals surface area contributed by atoms with Crippen molar-refractivity contribution < 1.29 is 0 Å². The van der Waals surface area contributed by atoms with Crippen molar-refractivity contribution in [2.75, 3.05) is 6.54 Å². The number of benzene rings is 1. The van der Waals surface area contributed by atoms with Crippen molar-refractivity contribution in [2.24, 2.45) is 0 Å². The van der Waals surface area contributed by atoms with E-state index in [0.717, 1.165) is 25.3 Å². The van der Waals surface area contributed by atoms with Crippen molar-refractivity contribution >= 4 is 22.2 Å². The number of fused-ring (bicyclic) bond motifs is 1. The molecule has 0 aliphatic carbocycles. The molecule has 2 heterocycles. The van der Waals surface area contributed by atoms with Crippen LogP contribution < -0.4 is 5.32 Å². The zero-order chi connectivity index (χ0) is 13.1. The molecule has 19 heavy (non-hydrogen) atoms. The molecule has 2 aromatic heterocycles. The Labute approximate surface area is 116 Å². The van der Waals surface area contributed by atoms with Crippen molar-refractivity contribution in [1.82, 2.24) is 14.9 Å². The van der Waals surface area contributed by atoms with E-state index in [2.05, 4.69) is 57.6 Å². The highest BCUT2D eigenvalue weighted by atomic mass is 32.1. The Morgan fingerprint density at radius 2 is 2.26 bits per heavy atom. The summed E-state index contributed by atoms with van der Waals surface area (Å²) in [6, 6.07) is 8.67. The van der Waals surface area contributed by atoms with Crippen LogP contribution in [0.25, 0.3) is 10.9 Å². The van der Waals surface area contributed by atoms with E-state index in [4.69, 9.17) is 0 Å². The topological polar surface area (TPSA) is 29.9 Å². The number of rotatable bonds is 5. The molecule has 0 saturated carbocycles. The van der Waals surface area contributed by atoms with E-state index in [9.17, 15) is 0 Å². The van der Waals surface area contributed by atoms with E-state index < -0.39 is 0 Å². The second-order valence-electron chi connectivity index (χ2n) is 4.56. The second kappa shape index (κ2) is 5.55. The predicted octanol–water partition coefficient (Wildman–Crippen LogP) is 3.26. The smallest absolute Gasteiger partial charge is 0.0795 e. The van der Waals surface area contributed by atoms with Crippen LogP contribution in [0, 0.1) is 0 Å². The number of nitrogens with zero attached hydrogens (tertiary/aromatic N) is 2. The summed E-state index contributed by atoms with van der Waals surface area (Å²) < 4.78 is 2.29. The number of nitrogens with one attached hydrogen (secondary N) is 1. The van der Waals surface area contributed by atoms with Crippen LogP contribution in [0.2, 0.25) is 0 Å². The van der Waals surface area contributed by atoms with E-state index in [1.165, 1.54) is 16.5 Å². The van der Waals surface area contributed by atoms with Crippen molar-refractivity contribution in [1.29, 1.82) is 0 Å². The Bertz CT molecular complexity index is 655. The molecule has 98 valence electrons. The fourth-order valence-electron chi connectivity index (χ4n) is 2.37. The number of aromatic nitrogens is 2. The minimum atomic E-state index is 0.843. The molecule has 0 fully saturated rings. The van der Waals surface area contributed by atoms with Gasteiger partial charge in [-0.05, 0) is 23.6 Å². The SMILES string of the molecule is CCNCc1cccc2ccn(Cc3cscn3)c12. The highest BCUT2D eigenvalue weighted by Crippen LogP contribution is 2.21. The third-order valence-corrected chi connectivity index (χ3v) is 3.89. The molecule has 0 amide bonds. The molecule has 0 bridgehead atoms. The average Bonchev–Trinajstić information content (AvgIpc) is 3.07. The van der Waals surface area contributed by atoms with Crippen LogP contribution in [0.3, 0.4) is 0 Å². The van der Waals surface area contributed by atoms with Gasteiger partial charge in [0, 0.05) is 18.1 Å². The molecular weight excluding hydrogens is 254 g/mol. The Balaban J connectivity index is 1.99. The predicted molar refractivity (Wildman–Crippen MR) is 80.5 cm³/mol. The monoisotopic (exact) mass is 271 g/mol. The van der Waals surface area contributed by atoms with Crippen LogP contribution in [0.15, 0.2) is 41.4 Å².